The van der Waals surface area contributed by atoms with Gasteiger partial charge in [-0.05, 0) is 6.92 Å². The molecule has 1 saturated heterocycles. The molecule has 0 aliphatic carbocycles. The zero-order valence-corrected chi connectivity index (χ0v) is 14.9. The largest absolute Gasteiger partial charge is 0.534 e. The normalized spacial score (nSPS) is 19.4. The predicted octanol–water partition coefficient (Wildman–Crippen LogP) is 2.43. The van der Waals surface area contributed by atoms with Gasteiger partial charge in [-0.2, -0.15) is 21.6 Å². The second-order valence-electron chi connectivity index (χ2n) is 5.70. The van der Waals surface area contributed by atoms with Crippen LogP contribution in [0.5, 0.6) is 11.5 Å². The van der Waals surface area contributed by atoms with E-state index in [1.807, 2.05) is 0 Å². The van der Waals surface area contributed by atoms with Crippen LogP contribution in [0, 0.1) is 5.92 Å². The fourth-order valence-corrected chi connectivity index (χ4v) is 3.65. The SMILES string of the molecule is C[C@@H](Oc1cc(OS(=O)(=O)C(F)(F)F)cc2ncsc12)C1CNC(=O)C1. The van der Waals surface area contributed by atoms with Crippen molar-refractivity contribution in [2.45, 2.75) is 25.0 Å². The number of rotatable bonds is 5. The number of hydrogen-bond donors (Lipinski definition) is 1. The Hall–Kier alpha value is -2.08. The molecule has 7 nitrogen and oxygen atoms in total. The van der Waals surface area contributed by atoms with Crippen LogP contribution < -0.4 is 14.2 Å². The van der Waals surface area contributed by atoms with Gasteiger partial charge in [0.1, 0.15) is 17.6 Å². The number of alkyl halides is 3. The summed E-state index contributed by atoms with van der Waals surface area (Å²) in [5, 5.41) is 2.67. The predicted molar refractivity (Wildman–Crippen MR) is 86.4 cm³/mol. The van der Waals surface area contributed by atoms with Crippen LogP contribution in [0.4, 0.5) is 13.2 Å². The van der Waals surface area contributed by atoms with Crippen LogP contribution in [0.3, 0.4) is 0 Å². The molecule has 26 heavy (non-hydrogen) atoms. The van der Waals surface area contributed by atoms with Crippen molar-refractivity contribution in [3.05, 3.63) is 17.6 Å². The van der Waals surface area contributed by atoms with E-state index in [2.05, 4.69) is 14.5 Å². The summed E-state index contributed by atoms with van der Waals surface area (Å²) < 4.78 is 70.5. The average Bonchev–Trinajstić information content (AvgIpc) is 3.14. The molecule has 0 radical (unpaired) electrons. The molecule has 0 saturated carbocycles. The molecule has 3 rings (SSSR count). The molecule has 2 aromatic rings. The third-order valence-electron chi connectivity index (χ3n) is 3.85. The fourth-order valence-electron chi connectivity index (χ4n) is 2.48. The highest BCUT2D eigenvalue weighted by atomic mass is 32.2. The standard InChI is InChI=1S/C14H13F3N2O5S2/c1-7(8-2-12(20)18-5-8)23-11-4-9(3-10-13(11)25-6-19-10)24-26(21,22)14(15,16)17/h3-4,6-8H,2,5H2,1H3,(H,18,20)/t7-,8?/m1/s1. The van der Waals surface area contributed by atoms with Gasteiger partial charge in [-0.15, -0.1) is 11.3 Å². The van der Waals surface area contributed by atoms with Crippen LogP contribution in [0.15, 0.2) is 17.6 Å². The molecule has 1 fully saturated rings. The Balaban J connectivity index is 1.90. The van der Waals surface area contributed by atoms with Crippen LogP contribution in [-0.4, -0.2) is 37.5 Å². The Bertz CT molecular complexity index is 942. The lowest BCUT2D eigenvalue weighted by atomic mass is 10.0. The molecule has 1 aromatic carbocycles. The molecule has 1 aromatic heterocycles. The van der Waals surface area contributed by atoms with E-state index in [4.69, 9.17) is 4.74 Å². The highest BCUT2D eigenvalue weighted by Gasteiger charge is 2.48. The summed E-state index contributed by atoms with van der Waals surface area (Å²) in [5.41, 5.74) is -3.85. The Kier molecular flexibility index (Phi) is 4.73. The maximum atomic E-state index is 12.5. The van der Waals surface area contributed by atoms with Crippen molar-refractivity contribution in [1.82, 2.24) is 10.3 Å². The average molecular weight is 410 g/mol. The molecule has 0 spiro atoms. The number of ether oxygens (including phenoxy) is 1. The van der Waals surface area contributed by atoms with Crippen molar-refractivity contribution >= 4 is 37.6 Å². The van der Waals surface area contributed by atoms with Gasteiger partial charge in [-0.25, -0.2) is 4.98 Å². The van der Waals surface area contributed by atoms with Crippen molar-refractivity contribution in [1.29, 1.82) is 0 Å². The highest BCUT2D eigenvalue weighted by molar-refractivity contribution is 7.88. The van der Waals surface area contributed by atoms with Gasteiger partial charge < -0.3 is 14.2 Å². The van der Waals surface area contributed by atoms with Gasteiger partial charge in [0, 0.05) is 31.0 Å². The number of benzene rings is 1. The Morgan fingerprint density at radius 1 is 1.38 bits per heavy atom. The molecule has 1 amide bonds. The zero-order chi connectivity index (χ0) is 19.1. The molecule has 1 aliphatic rings. The summed E-state index contributed by atoms with van der Waals surface area (Å²) in [5.74, 6) is -0.636. The van der Waals surface area contributed by atoms with E-state index in [-0.39, 0.29) is 29.5 Å². The summed E-state index contributed by atoms with van der Waals surface area (Å²) >= 11 is 1.19. The van der Waals surface area contributed by atoms with E-state index in [1.165, 1.54) is 16.8 Å². The third-order valence-corrected chi connectivity index (χ3v) is 5.68. The topological polar surface area (TPSA) is 94.6 Å². The number of halogens is 3. The molecule has 2 heterocycles. The molecular weight excluding hydrogens is 397 g/mol. The number of nitrogens with zero attached hydrogens (tertiary/aromatic N) is 1. The van der Waals surface area contributed by atoms with Gasteiger partial charge >= 0.3 is 15.6 Å². The number of carbonyl (C=O) groups is 1. The molecule has 142 valence electrons. The van der Waals surface area contributed by atoms with Crippen molar-refractivity contribution in [2.24, 2.45) is 5.92 Å². The Morgan fingerprint density at radius 2 is 2.12 bits per heavy atom. The number of amides is 1. The number of nitrogens with one attached hydrogen (secondary N) is 1. The molecule has 12 heteroatoms. The number of fused-ring (bicyclic) bond motifs is 1. The minimum absolute atomic E-state index is 0.109. The van der Waals surface area contributed by atoms with E-state index in [0.29, 0.717) is 11.2 Å². The summed E-state index contributed by atoms with van der Waals surface area (Å²) in [4.78, 5) is 15.3. The summed E-state index contributed by atoms with van der Waals surface area (Å²) in [6.07, 6.45) is -0.167. The molecule has 0 bridgehead atoms. The van der Waals surface area contributed by atoms with E-state index >= 15 is 0 Å². The zero-order valence-electron chi connectivity index (χ0n) is 13.2. The van der Waals surface area contributed by atoms with Gasteiger partial charge in [-0.1, -0.05) is 0 Å². The summed E-state index contributed by atoms with van der Waals surface area (Å²) in [6.45, 7) is 2.14. The van der Waals surface area contributed by atoms with Gasteiger partial charge in [-0.3, -0.25) is 4.79 Å². The summed E-state index contributed by atoms with van der Waals surface area (Å²) in [6, 6.07) is 2.16. The van der Waals surface area contributed by atoms with Crippen LogP contribution >= 0.6 is 11.3 Å². The molecule has 1 N–H and O–H groups in total. The first kappa shape index (κ1) is 18.7. The van der Waals surface area contributed by atoms with E-state index in [1.54, 1.807) is 6.92 Å². The van der Waals surface area contributed by atoms with Crippen LogP contribution in [0.25, 0.3) is 10.2 Å². The lowest BCUT2D eigenvalue weighted by Gasteiger charge is -2.20. The summed E-state index contributed by atoms with van der Waals surface area (Å²) in [7, 11) is -5.81. The number of carbonyl (C=O) groups excluding carboxylic acids is 1. The van der Waals surface area contributed by atoms with Gasteiger partial charge in [0.2, 0.25) is 5.91 Å². The fraction of sp³-hybridized carbons (Fsp3) is 0.429. The van der Waals surface area contributed by atoms with Gasteiger partial charge in [0.25, 0.3) is 0 Å². The molecular formula is C14H13F3N2O5S2. The first-order valence-corrected chi connectivity index (χ1v) is 9.67. The van der Waals surface area contributed by atoms with E-state index in [0.717, 1.165) is 12.1 Å². The third kappa shape index (κ3) is 3.70. The minimum atomic E-state index is -5.81. The van der Waals surface area contributed by atoms with Crippen LogP contribution in [0.1, 0.15) is 13.3 Å². The van der Waals surface area contributed by atoms with Crippen LogP contribution in [-0.2, 0) is 14.9 Å². The van der Waals surface area contributed by atoms with Gasteiger partial charge in [0.15, 0.2) is 0 Å². The van der Waals surface area contributed by atoms with E-state index < -0.39 is 27.5 Å². The molecule has 1 aliphatic heterocycles. The Labute approximate surface area is 150 Å². The first-order valence-electron chi connectivity index (χ1n) is 7.38. The second-order valence-corrected chi connectivity index (χ2v) is 8.09. The maximum Gasteiger partial charge on any atom is 0.534 e. The molecule has 2 atom stereocenters. The monoisotopic (exact) mass is 410 g/mol. The van der Waals surface area contributed by atoms with Crippen molar-refractivity contribution in [3.8, 4) is 11.5 Å². The lowest BCUT2D eigenvalue weighted by molar-refractivity contribution is -0.119. The maximum absolute atomic E-state index is 12.5. The van der Waals surface area contributed by atoms with Crippen LogP contribution in [0.2, 0.25) is 0 Å². The van der Waals surface area contributed by atoms with Crippen molar-refractivity contribution in [3.63, 3.8) is 0 Å². The van der Waals surface area contributed by atoms with E-state index in [9.17, 15) is 26.4 Å². The first-order chi connectivity index (χ1) is 12.1. The smallest absolute Gasteiger partial charge is 0.489 e. The number of thiazole rings is 1. The second kappa shape index (κ2) is 6.58. The number of aromatic nitrogens is 1. The van der Waals surface area contributed by atoms with Crippen molar-refractivity contribution in [2.75, 3.05) is 6.54 Å². The quantitative estimate of drug-likeness (QED) is 0.601. The molecule has 1 unspecified atom stereocenters. The van der Waals surface area contributed by atoms with Crippen molar-refractivity contribution < 1.29 is 35.3 Å². The highest BCUT2D eigenvalue weighted by Crippen LogP contribution is 2.37. The minimum Gasteiger partial charge on any atom is -0.489 e. The Morgan fingerprint density at radius 3 is 2.73 bits per heavy atom. The number of hydrogen-bond acceptors (Lipinski definition) is 7. The van der Waals surface area contributed by atoms with Gasteiger partial charge in [0.05, 0.1) is 15.7 Å². The lowest BCUT2D eigenvalue weighted by Crippen LogP contribution is -2.28.